The van der Waals surface area contributed by atoms with Crippen molar-refractivity contribution in [2.24, 2.45) is 0 Å². The zero-order chi connectivity index (χ0) is 40.9. The molecule has 2 nitrogen and oxygen atoms in total. The zero-order valence-corrected chi connectivity index (χ0v) is 34.3. The molecule has 0 amide bonds. The molecule has 0 radical (unpaired) electrons. The van der Waals surface area contributed by atoms with Gasteiger partial charge in [-0.3, -0.25) is 0 Å². The SMILES string of the molecule is CC1(C)c2cc(N(c3ccc(-c4ccccc4)cc3)c3ccc4ccccc4c3)ccc2-c2ccc(N(c3ccc(-c4ccccc4)cc3)c3cccc4ccccc34)cc21. The average Bonchev–Trinajstić information content (AvgIpc) is 3.55. The first-order valence-electron chi connectivity index (χ1n) is 21.2. The van der Waals surface area contributed by atoms with Crippen LogP contribution in [0.3, 0.4) is 0 Å². The molecule has 1 aliphatic carbocycles. The summed E-state index contributed by atoms with van der Waals surface area (Å²) >= 11 is 0. The van der Waals surface area contributed by atoms with Gasteiger partial charge in [0.25, 0.3) is 0 Å². The topological polar surface area (TPSA) is 6.48 Å². The molecule has 2 heteroatoms. The van der Waals surface area contributed by atoms with Crippen LogP contribution in [0.15, 0.2) is 231 Å². The van der Waals surface area contributed by atoms with E-state index in [-0.39, 0.29) is 5.41 Å². The number of benzene rings is 10. The number of hydrogen-bond acceptors (Lipinski definition) is 2. The molecule has 0 saturated carbocycles. The molecule has 10 aromatic rings. The van der Waals surface area contributed by atoms with Gasteiger partial charge in [-0.2, -0.15) is 0 Å². The summed E-state index contributed by atoms with van der Waals surface area (Å²) in [5, 5.41) is 4.89. The number of nitrogens with zero attached hydrogens (tertiary/aromatic N) is 2. The van der Waals surface area contributed by atoms with Crippen molar-refractivity contribution < 1.29 is 0 Å². The largest absolute Gasteiger partial charge is 0.310 e. The fourth-order valence-corrected chi connectivity index (χ4v) is 9.45. The molecule has 0 fully saturated rings. The minimum Gasteiger partial charge on any atom is -0.310 e. The van der Waals surface area contributed by atoms with Crippen molar-refractivity contribution in [2.75, 3.05) is 9.80 Å². The van der Waals surface area contributed by atoms with Crippen LogP contribution in [0.25, 0.3) is 54.9 Å². The van der Waals surface area contributed by atoms with Crippen molar-refractivity contribution in [3.05, 3.63) is 242 Å². The van der Waals surface area contributed by atoms with E-state index in [1.54, 1.807) is 0 Å². The zero-order valence-electron chi connectivity index (χ0n) is 34.3. The molecule has 0 spiro atoms. The van der Waals surface area contributed by atoms with E-state index in [1.165, 1.54) is 66.1 Å². The van der Waals surface area contributed by atoms with Gasteiger partial charge in [-0.1, -0.05) is 178 Å². The molecule has 0 aliphatic heterocycles. The number of rotatable bonds is 8. The Bertz CT molecular complexity index is 3200. The minimum absolute atomic E-state index is 0.259. The van der Waals surface area contributed by atoms with Crippen molar-refractivity contribution in [3.8, 4) is 33.4 Å². The Hall–Kier alpha value is -7.68. The molecule has 0 heterocycles. The molecule has 11 rings (SSSR count). The summed E-state index contributed by atoms with van der Waals surface area (Å²) in [4.78, 5) is 4.84. The summed E-state index contributed by atoms with van der Waals surface area (Å²) in [7, 11) is 0. The molecular formula is C59H44N2. The lowest BCUT2D eigenvalue weighted by Gasteiger charge is -2.30. The van der Waals surface area contributed by atoms with Gasteiger partial charge < -0.3 is 9.80 Å². The summed E-state index contributed by atoms with van der Waals surface area (Å²) in [6, 6.07) is 84.1. The third kappa shape index (κ3) is 6.45. The van der Waals surface area contributed by atoms with E-state index in [2.05, 4.69) is 254 Å². The number of fused-ring (bicyclic) bond motifs is 5. The van der Waals surface area contributed by atoms with E-state index in [4.69, 9.17) is 0 Å². The maximum absolute atomic E-state index is 2.44. The van der Waals surface area contributed by atoms with Crippen molar-refractivity contribution >= 4 is 55.7 Å². The summed E-state index contributed by atoms with van der Waals surface area (Å²) in [5.41, 5.74) is 16.6. The van der Waals surface area contributed by atoms with Crippen LogP contribution >= 0.6 is 0 Å². The first-order chi connectivity index (χ1) is 30.0. The summed E-state index contributed by atoms with van der Waals surface area (Å²) in [6.07, 6.45) is 0. The highest BCUT2D eigenvalue weighted by atomic mass is 15.1. The van der Waals surface area contributed by atoms with Crippen LogP contribution in [-0.2, 0) is 5.41 Å². The van der Waals surface area contributed by atoms with Crippen LogP contribution in [0.4, 0.5) is 34.1 Å². The van der Waals surface area contributed by atoms with Crippen molar-refractivity contribution in [2.45, 2.75) is 19.3 Å². The lowest BCUT2D eigenvalue weighted by molar-refractivity contribution is 0.660. The Morgan fingerprint density at radius 2 is 0.721 bits per heavy atom. The second-order valence-electron chi connectivity index (χ2n) is 16.6. The molecule has 0 aromatic heterocycles. The molecule has 1 aliphatic rings. The Morgan fingerprint density at radius 1 is 0.295 bits per heavy atom. The molecule has 0 atom stereocenters. The van der Waals surface area contributed by atoms with E-state index in [0.29, 0.717) is 0 Å². The fourth-order valence-electron chi connectivity index (χ4n) is 9.45. The third-order valence-corrected chi connectivity index (χ3v) is 12.6. The standard InChI is InChI=1S/C59H44N2/c1-59(2)56-39-51(60(50-33-28-43-18-9-10-20-47(43)38-50)48-29-24-44(25-30-48)41-14-5-3-6-15-41)34-36-54(56)55-37-35-52(40-57(55)59)61(58-23-13-21-46-19-11-12-22-53(46)58)49-31-26-45(27-32-49)42-16-7-4-8-17-42/h3-40H,1-2H3. The van der Waals surface area contributed by atoms with Crippen LogP contribution in [0.2, 0.25) is 0 Å². The number of hydrogen-bond donors (Lipinski definition) is 0. The van der Waals surface area contributed by atoms with E-state index in [0.717, 1.165) is 34.1 Å². The van der Waals surface area contributed by atoms with Gasteiger partial charge in [0.15, 0.2) is 0 Å². The van der Waals surface area contributed by atoms with Gasteiger partial charge in [0.2, 0.25) is 0 Å². The van der Waals surface area contributed by atoms with E-state index >= 15 is 0 Å². The fraction of sp³-hybridized carbons (Fsp3) is 0.0508. The summed E-state index contributed by atoms with van der Waals surface area (Å²) < 4.78 is 0. The molecule has 10 aromatic carbocycles. The van der Waals surface area contributed by atoms with Gasteiger partial charge in [0, 0.05) is 39.2 Å². The first kappa shape index (κ1) is 36.4. The lowest BCUT2D eigenvalue weighted by Crippen LogP contribution is -2.17. The minimum atomic E-state index is -0.259. The van der Waals surface area contributed by atoms with Gasteiger partial charge in [-0.25, -0.2) is 0 Å². The average molecular weight is 781 g/mol. The maximum atomic E-state index is 2.44. The second kappa shape index (κ2) is 14.9. The predicted octanol–water partition coefficient (Wildman–Crippen LogP) is 16.6. The van der Waals surface area contributed by atoms with Crippen LogP contribution in [0.1, 0.15) is 25.0 Å². The Kier molecular flexibility index (Phi) is 8.86. The van der Waals surface area contributed by atoms with E-state index in [9.17, 15) is 0 Å². The molecular weight excluding hydrogens is 737 g/mol. The molecule has 0 unspecified atom stereocenters. The summed E-state index contributed by atoms with van der Waals surface area (Å²) in [5.74, 6) is 0. The smallest absolute Gasteiger partial charge is 0.0540 e. The first-order valence-corrected chi connectivity index (χ1v) is 21.2. The normalized spacial score (nSPS) is 12.6. The van der Waals surface area contributed by atoms with Crippen LogP contribution < -0.4 is 9.80 Å². The van der Waals surface area contributed by atoms with Gasteiger partial charge in [0.1, 0.15) is 0 Å². The van der Waals surface area contributed by atoms with Crippen molar-refractivity contribution in [1.29, 1.82) is 0 Å². The van der Waals surface area contributed by atoms with Crippen LogP contribution in [-0.4, -0.2) is 0 Å². The van der Waals surface area contributed by atoms with Gasteiger partial charge in [0.05, 0.1) is 5.69 Å². The highest BCUT2D eigenvalue weighted by Gasteiger charge is 2.37. The van der Waals surface area contributed by atoms with Crippen LogP contribution in [0.5, 0.6) is 0 Å². The van der Waals surface area contributed by atoms with Gasteiger partial charge in [-0.15, -0.1) is 0 Å². The molecule has 0 N–H and O–H groups in total. The summed E-state index contributed by atoms with van der Waals surface area (Å²) in [6.45, 7) is 4.77. The molecule has 0 saturated heterocycles. The second-order valence-corrected chi connectivity index (χ2v) is 16.6. The van der Waals surface area contributed by atoms with E-state index < -0.39 is 0 Å². The highest BCUT2D eigenvalue weighted by Crippen LogP contribution is 2.53. The third-order valence-electron chi connectivity index (χ3n) is 12.6. The van der Waals surface area contributed by atoms with Gasteiger partial charge in [-0.05, 0) is 127 Å². The molecule has 290 valence electrons. The van der Waals surface area contributed by atoms with Gasteiger partial charge >= 0.3 is 0 Å². The Balaban J connectivity index is 1.02. The van der Waals surface area contributed by atoms with E-state index in [1.807, 2.05) is 0 Å². The van der Waals surface area contributed by atoms with Crippen LogP contribution in [0, 0.1) is 0 Å². The monoisotopic (exact) mass is 780 g/mol. The lowest BCUT2D eigenvalue weighted by atomic mass is 9.82. The number of anilines is 6. The Labute approximate surface area is 358 Å². The highest BCUT2D eigenvalue weighted by molar-refractivity contribution is 6.00. The van der Waals surface area contributed by atoms with Crippen molar-refractivity contribution in [1.82, 2.24) is 0 Å². The molecule has 0 bridgehead atoms. The quantitative estimate of drug-likeness (QED) is 0.152. The maximum Gasteiger partial charge on any atom is 0.0540 e. The Morgan fingerprint density at radius 3 is 1.33 bits per heavy atom. The van der Waals surface area contributed by atoms with Crippen molar-refractivity contribution in [3.63, 3.8) is 0 Å². The molecule has 61 heavy (non-hydrogen) atoms. The predicted molar refractivity (Wildman–Crippen MR) is 259 cm³/mol.